The number of hydrogen-bond acceptors (Lipinski definition) is 6. The van der Waals surface area contributed by atoms with Crippen molar-refractivity contribution < 1.29 is 14.0 Å². The van der Waals surface area contributed by atoms with Gasteiger partial charge in [0, 0.05) is 25.3 Å². The van der Waals surface area contributed by atoms with Crippen molar-refractivity contribution >= 4 is 35.1 Å². The summed E-state index contributed by atoms with van der Waals surface area (Å²) >= 11 is 1.28. The molecule has 2 N–H and O–H groups in total. The van der Waals surface area contributed by atoms with Gasteiger partial charge in [0.15, 0.2) is 5.82 Å². The largest absolute Gasteiger partial charge is 0.356 e. The van der Waals surface area contributed by atoms with Crippen molar-refractivity contribution in [2.45, 2.75) is 31.2 Å². The minimum Gasteiger partial charge on any atom is -0.356 e. The van der Waals surface area contributed by atoms with Gasteiger partial charge in [-0.25, -0.2) is 4.39 Å². The van der Waals surface area contributed by atoms with E-state index in [4.69, 9.17) is 0 Å². The van der Waals surface area contributed by atoms with E-state index >= 15 is 0 Å². The van der Waals surface area contributed by atoms with Gasteiger partial charge >= 0.3 is 0 Å². The summed E-state index contributed by atoms with van der Waals surface area (Å²) in [7, 11) is 0. The predicted octanol–water partition coefficient (Wildman–Crippen LogP) is 3.09. The van der Waals surface area contributed by atoms with Gasteiger partial charge in [-0.15, -0.1) is 10.2 Å². The van der Waals surface area contributed by atoms with E-state index in [1.807, 2.05) is 19.1 Å². The maximum atomic E-state index is 12.9. The number of anilines is 2. The fourth-order valence-electron chi connectivity index (χ4n) is 3.22. The summed E-state index contributed by atoms with van der Waals surface area (Å²) < 4.78 is 12.9. The highest BCUT2D eigenvalue weighted by molar-refractivity contribution is 7.99. The summed E-state index contributed by atoms with van der Waals surface area (Å²) in [5.41, 5.74) is 0.547. The first kappa shape index (κ1) is 22.0. The van der Waals surface area contributed by atoms with Gasteiger partial charge in [0.2, 0.25) is 11.8 Å². The number of amides is 2. The number of nitrogens with one attached hydrogen (secondary N) is 2. The maximum Gasteiger partial charge on any atom is 0.234 e. The summed E-state index contributed by atoms with van der Waals surface area (Å²) in [4.78, 5) is 26.4. The van der Waals surface area contributed by atoms with E-state index < -0.39 is 0 Å². The molecule has 160 valence electrons. The van der Waals surface area contributed by atoms with E-state index in [9.17, 15) is 14.0 Å². The second-order valence-electron chi connectivity index (χ2n) is 7.15. The van der Waals surface area contributed by atoms with Crippen molar-refractivity contribution in [2.75, 3.05) is 35.6 Å². The highest BCUT2D eigenvalue weighted by Crippen LogP contribution is 2.23. The zero-order valence-corrected chi connectivity index (χ0v) is 17.8. The number of halogens is 1. The minimum atomic E-state index is -0.348. The normalized spacial score (nSPS) is 16.2. The summed E-state index contributed by atoms with van der Waals surface area (Å²) in [5, 5.41) is 14.8. The Bertz CT molecular complexity index is 847. The third-order valence-electron chi connectivity index (χ3n) is 4.77. The van der Waals surface area contributed by atoms with Crippen LogP contribution in [0.1, 0.15) is 26.2 Å². The van der Waals surface area contributed by atoms with Crippen molar-refractivity contribution in [2.24, 2.45) is 5.92 Å². The Kier molecular flexibility index (Phi) is 8.01. The standard InChI is InChI=1S/C21H26FN5O2S/c1-2-11-23-21(29)15-4-3-12-27(13-15)18-9-10-20(26-25-18)30-14-19(28)24-17-7-5-16(22)6-8-17/h5-10,15H,2-4,11-14H2,1H3,(H,23,29)(H,24,28)/t15-/m1/s1. The molecule has 0 radical (unpaired) electrons. The quantitative estimate of drug-likeness (QED) is 0.625. The van der Waals surface area contributed by atoms with Crippen molar-refractivity contribution in [1.29, 1.82) is 0 Å². The van der Waals surface area contributed by atoms with Crippen LogP contribution in [-0.2, 0) is 9.59 Å². The third kappa shape index (κ3) is 6.41. The second-order valence-corrected chi connectivity index (χ2v) is 8.15. The second kappa shape index (κ2) is 10.9. The first-order chi connectivity index (χ1) is 14.5. The fraction of sp³-hybridized carbons (Fsp3) is 0.429. The smallest absolute Gasteiger partial charge is 0.234 e. The number of hydrogen-bond donors (Lipinski definition) is 2. The lowest BCUT2D eigenvalue weighted by atomic mass is 9.97. The van der Waals surface area contributed by atoms with Crippen LogP contribution in [0.2, 0.25) is 0 Å². The SMILES string of the molecule is CCCNC(=O)[C@@H]1CCCN(c2ccc(SCC(=O)Nc3ccc(F)cc3)nn2)C1. The van der Waals surface area contributed by atoms with Gasteiger partial charge in [0.1, 0.15) is 10.8 Å². The molecule has 30 heavy (non-hydrogen) atoms. The molecule has 3 rings (SSSR count). The molecule has 7 nitrogen and oxygen atoms in total. The number of carbonyl (C=O) groups is 2. The summed E-state index contributed by atoms with van der Waals surface area (Å²) in [6.07, 6.45) is 2.75. The van der Waals surface area contributed by atoms with Crippen LogP contribution in [0.15, 0.2) is 41.4 Å². The van der Waals surface area contributed by atoms with Crippen LogP contribution in [0.5, 0.6) is 0 Å². The maximum absolute atomic E-state index is 12.9. The lowest BCUT2D eigenvalue weighted by molar-refractivity contribution is -0.125. The molecule has 2 aromatic rings. The Balaban J connectivity index is 1.48. The van der Waals surface area contributed by atoms with E-state index in [2.05, 4.69) is 25.7 Å². The Hall–Kier alpha value is -2.68. The molecule has 1 aliphatic rings. The predicted molar refractivity (Wildman–Crippen MR) is 116 cm³/mol. The average molecular weight is 432 g/mol. The van der Waals surface area contributed by atoms with E-state index in [1.54, 1.807) is 0 Å². The van der Waals surface area contributed by atoms with Crippen molar-refractivity contribution in [3.8, 4) is 0 Å². The third-order valence-corrected chi connectivity index (χ3v) is 5.69. The molecule has 0 unspecified atom stereocenters. The molecule has 1 aromatic heterocycles. The van der Waals surface area contributed by atoms with Crippen molar-refractivity contribution in [3.05, 3.63) is 42.2 Å². The molecule has 0 saturated carbocycles. The monoisotopic (exact) mass is 431 g/mol. The van der Waals surface area contributed by atoms with Crippen LogP contribution in [0.3, 0.4) is 0 Å². The van der Waals surface area contributed by atoms with Crippen LogP contribution >= 0.6 is 11.8 Å². The zero-order valence-electron chi connectivity index (χ0n) is 16.9. The number of benzene rings is 1. The lowest BCUT2D eigenvalue weighted by Gasteiger charge is -2.32. The van der Waals surface area contributed by atoms with E-state index in [1.165, 1.54) is 36.0 Å². The van der Waals surface area contributed by atoms with Crippen LogP contribution in [0, 0.1) is 11.7 Å². The molecule has 0 aliphatic carbocycles. The van der Waals surface area contributed by atoms with Gasteiger partial charge in [0.25, 0.3) is 0 Å². The Morgan fingerprint density at radius 3 is 2.70 bits per heavy atom. The van der Waals surface area contributed by atoms with Crippen molar-refractivity contribution in [3.63, 3.8) is 0 Å². The summed E-state index contributed by atoms with van der Waals surface area (Å²) in [5.74, 6) is 0.441. The Morgan fingerprint density at radius 1 is 1.20 bits per heavy atom. The number of thioether (sulfide) groups is 1. The zero-order chi connectivity index (χ0) is 21.3. The molecular weight excluding hydrogens is 405 g/mol. The topological polar surface area (TPSA) is 87.2 Å². The number of rotatable bonds is 8. The molecule has 1 atom stereocenters. The van der Waals surface area contributed by atoms with Crippen LogP contribution in [-0.4, -0.2) is 47.4 Å². The van der Waals surface area contributed by atoms with Gasteiger partial charge in [-0.05, 0) is 55.7 Å². The number of piperidine rings is 1. The minimum absolute atomic E-state index is 0.0312. The van der Waals surface area contributed by atoms with Crippen molar-refractivity contribution in [1.82, 2.24) is 15.5 Å². The van der Waals surface area contributed by atoms with Gasteiger partial charge in [0.05, 0.1) is 11.7 Å². The molecule has 0 spiro atoms. The molecule has 1 aromatic carbocycles. The molecule has 9 heteroatoms. The average Bonchev–Trinajstić information content (AvgIpc) is 2.78. The molecule has 1 fully saturated rings. The summed E-state index contributed by atoms with van der Waals surface area (Å²) in [6, 6.07) is 9.33. The van der Waals surface area contributed by atoms with Gasteiger partial charge in [-0.3, -0.25) is 9.59 Å². The highest BCUT2D eigenvalue weighted by Gasteiger charge is 2.26. The lowest BCUT2D eigenvalue weighted by Crippen LogP contribution is -2.43. The van der Waals surface area contributed by atoms with E-state index in [-0.39, 0.29) is 29.3 Å². The van der Waals surface area contributed by atoms with Gasteiger partial charge < -0.3 is 15.5 Å². The van der Waals surface area contributed by atoms with Gasteiger partial charge in [-0.2, -0.15) is 0 Å². The van der Waals surface area contributed by atoms with Gasteiger partial charge in [-0.1, -0.05) is 18.7 Å². The highest BCUT2D eigenvalue weighted by atomic mass is 32.2. The molecule has 2 amide bonds. The first-order valence-electron chi connectivity index (χ1n) is 10.1. The molecule has 1 aliphatic heterocycles. The molecule has 1 saturated heterocycles. The van der Waals surface area contributed by atoms with Crippen LogP contribution in [0.25, 0.3) is 0 Å². The molecule has 2 heterocycles. The van der Waals surface area contributed by atoms with Crippen LogP contribution in [0.4, 0.5) is 15.9 Å². The summed E-state index contributed by atoms with van der Waals surface area (Å²) in [6.45, 7) is 4.22. The Labute approximate surface area is 179 Å². The number of aromatic nitrogens is 2. The Morgan fingerprint density at radius 2 is 2.00 bits per heavy atom. The number of nitrogens with zero attached hydrogens (tertiary/aromatic N) is 3. The van der Waals surface area contributed by atoms with E-state index in [0.717, 1.165) is 31.6 Å². The van der Waals surface area contributed by atoms with Crippen LogP contribution < -0.4 is 15.5 Å². The fourth-order valence-corrected chi connectivity index (χ4v) is 3.83. The molecule has 0 bridgehead atoms. The molecular formula is C21H26FN5O2S. The first-order valence-corrected chi connectivity index (χ1v) is 11.1. The number of carbonyl (C=O) groups excluding carboxylic acids is 2. The van der Waals surface area contributed by atoms with E-state index in [0.29, 0.717) is 23.8 Å².